The maximum atomic E-state index is 10.8. The highest BCUT2D eigenvalue weighted by atomic mass is 16.3. The molecule has 2 fully saturated rings. The fourth-order valence-electron chi connectivity index (χ4n) is 3.04. The molecular formula is C11H17N3O. The molecular weight excluding hydrogens is 190 g/mol. The van der Waals surface area contributed by atoms with E-state index in [9.17, 15) is 5.11 Å². The van der Waals surface area contributed by atoms with E-state index >= 15 is 0 Å². The zero-order valence-corrected chi connectivity index (χ0v) is 9.06. The second-order valence-electron chi connectivity index (χ2n) is 4.82. The molecule has 0 radical (unpaired) electrons. The molecule has 2 aliphatic rings. The molecule has 4 nitrogen and oxygen atoms in total. The van der Waals surface area contributed by atoms with E-state index in [2.05, 4.69) is 9.88 Å². The molecule has 1 aromatic heterocycles. The second-order valence-corrected chi connectivity index (χ2v) is 4.82. The lowest BCUT2D eigenvalue weighted by molar-refractivity contribution is -0.0593. The van der Waals surface area contributed by atoms with Gasteiger partial charge in [-0.15, -0.1) is 0 Å². The molecule has 1 N–H and O–H groups in total. The van der Waals surface area contributed by atoms with Gasteiger partial charge in [-0.25, -0.2) is 4.98 Å². The van der Waals surface area contributed by atoms with Gasteiger partial charge in [-0.3, -0.25) is 0 Å². The number of rotatable bonds is 1. The van der Waals surface area contributed by atoms with E-state index in [1.807, 2.05) is 17.8 Å². The van der Waals surface area contributed by atoms with Crippen molar-refractivity contribution in [3.63, 3.8) is 0 Å². The Balaban J connectivity index is 1.99. The van der Waals surface area contributed by atoms with Gasteiger partial charge >= 0.3 is 0 Å². The van der Waals surface area contributed by atoms with Crippen LogP contribution in [0.15, 0.2) is 12.4 Å². The summed E-state index contributed by atoms with van der Waals surface area (Å²) in [6.45, 7) is 3.17. The van der Waals surface area contributed by atoms with Crippen LogP contribution in [-0.2, 0) is 12.6 Å². The summed E-state index contributed by atoms with van der Waals surface area (Å²) >= 11 is 0. The van der Waals surface area contributed by atoms with E-state index < -0.39 is 5.60 Å². The predicted octanol–water partition coefficient (Wildman–Crippen LogP) is 0.333. The third-order valence-corrected chi connectivity index (χ3v) is 3.97. The number of fused-ring (bicyclic) bond motifs is 2. The minimum absolute atomic E-state index is 0.368. The van der Waals surface area contributed by atoms with Gasteiger partial charge in [0.05, 0.1) is 0 Å². The number of nitrogens with zero attached hydrogens (tertiary/aromatic N) is 3. The van der Waals surface area contributed by atoms with Crippen LogP contribution in [-0.4, -0.2) is 39.2 Å². The van der Waals surface area contributed by atoms with Gasteiger partial charge in [0.25, 0.3) is 0 Å². The topological polar surface area (TPSA) is 41.3 Å². The standard InChI is InChI=1S/C11H17N3O/c1-13-7-4-12-10(13)11(15)3-6-14-5-2-9(11)8-14/h4,7,9,15H,2-3,5-6,8H2,1H3. The summed E-state index contributed by atoms with van der Waals surface area (Å²) in [4.78, 5) is 6.75. The Morgan fingerprint density at radius 1 is 1.53 bits per heavy atom. The molecule has 2 saturated heterocycles. The molecule has 0 amide bonds. The summed E-state index contributed by atoms with van der Waals surface area (Å²) in [7, 11) is 1.96. The summed E-state index contributed by atoms with van der Waals surface area (Å²) in [5, 5.41) is 10.8. The van der Waals surface area contributed by atoms with Crippen LogP contribution < -0.4 is 0 Å². The molecule has 3 rings (SSSR count). The normalized spacial score (nSPS) is 39.6. The van der Waals surface area contributed by atoms with Crippen LogP contribution in [0.3, 0.4) is 0 Å². The number of aliphatic hydroxyl groups is 1. The molecule has 1 aromatic rings. The van der Waals surface area contributed by atoms with Gasteiger partial charge in [-0.1, -0.05) is 0 Å². The van der Waals surface area contributed by atoms with Gasteiger partial charge in [0.15, 0.2) is 0 Å². The van der Waals surface area contributed by atoms with E-state index in [4.69, 9.17) is 0 Å². The third-order valence-electron chi connectivity index (χ3n) is 3.97. The van der Waals surface area contributed by atoms with Crippen LogP contribution in [0.1, 0.15) is 18.7 Å². The highest BCUT2D eigenvalue weighted by Crippen LogP contribution is 2.41. The predicted molar refractivity (Wildman–Crippen MR) is 56.3 cm³/mol. The Bertz CT molecular complexity index is 376. The first-order valence-electron chi connectivity index (χ1n) is 5.63. The Kier molecular flexibility index (Phi) is 1.91. The molecule has 82 valence electrons. The summed E-state index contributed by atoms with van der Waals surface area (Å²) in [6, 6.07) is 0. The molecule has 4 heteroatoms. The quantitative estimate of drug-likeness (QED) is 0.721. The van der Waals surface area contributed by atoms with Gasteiger partial charge in [0.2, 0.25) is 0 Å². The maximum Gasteiger partial charge on any atom is 0.140 e. The first-order chi connectivity index (χ1) is 7.20. The lowest BCUT2D eigenvalue weighted by Gasteiger charge is -2.37. The average molecular weight is 207 g/mol. The van der Waals surface area contributed by atoms with Crippen molar-refractivity contribution in [1.29, 1.82) is 0 Å². The molecule has 2 bridgehead atoms. The third kappa shape index (κ3) is 1.25. The summed E-state index contributed by atoms with van der Waals surface area (Å²) < 4.78 is 1.95. The molecule has 3 heterocycles. The van der Waals surface area contributed by atoms with Gasteiger partial charge in [-0.2, -0.15) is 0 Å². The van der Waals surface area contributed by atoms with Crippen molar-refractivity contribution < 1.29 is 5.11 Å². The van der Waals surface area contributed by atoms with E-state index in [0.717, 1.165) is 38.3 Å². The van der Waals surface area contributed by atoms with E-state index in [0.29, 0.717) is 5.92 Å². The monoisotopic (exact) mass is 207 g/mol. The van der Waals surface area contributed by atoms with Crippen molar-refractivity contribution in [2.45, 2.75) is 18.4 Å². The van der Waals surface area contributed by atoms with Crippen molar-refractivity contribution in [3.05, 3.63) is 18.2 Å². The zero-order chi connectivity index (χ0) is 10.5. The van der Waals surface area contributed by atoms with Gasteiger partial charge in [0, 0.05) is 38.4 Å². The summed E-state index contributed by atoms with van der Waals surface area (Å²) in [5.74, 6) is 1.21. The van der Waals surface area contributed by atoms with E-state index in [1.165, 1.54) is 0 Å². The van der Waals surface area contributed by atoms with E-state index in [-0.39, 0.29) is 0 Å². The number of hydrogen-bond donors (Lipinski definition) is 1. The van der Waals surface area contributed by atoms with Crippen LogP contribution >= 0.6 is 0 Å². The summed E-state index contributed by atoms with van der Waals surface area (Å²) in [5.41, 5.74) is -0.689. The number of hydrogen-bond acceptors (Lipinski definition) is 3. The van der Waals surface area contributed by atoms with Gasteiger partial charge in [0.1, 0.15) is 11.4 Å². The second kappa shape index (κ2) is 3.06. The number of piperidine rings is 1. The SMILES string of the molecule is Cn1ccnc1C1(O)CCN2CCC1C2. The Hall–Kier alpha value is -0.870. The van der Waals surface area contributed by atoms with Crippen molar-refractivity contribution in [3.8, 4) is 0 Å². The average Bonchev–Trinajstić information content (AvgIpc) is 2.81. The van der Waals surface area contributed by atoms with Crippen molar-refractivity contribution in [1.82, 2.24) is 14.5 Å². The molecule has 15 heavy (non-hydrogen) atoms. The molecule has 0 aliphatic carbocycles. The largest absolute Gasteiger partial charge is 0.382 e. The molecule has 0 aromatic carbocycles. The van der Waals surface area contributed by atoms with Gasteiger partial charge < -0.3 is 14.6 Å². The minimum Gasteiger partial charge on any atom is -0.382 e. The Morgan fingerprint density at radius 3 is 3.13 bits per heavy atom. The zero-order valence-electron chi connectivity index (χ0n) is 9.06. The number of aryl methyl sites for hydroxylation is 1. The smallest absolute Gasteiger partial charge is 0.140 e. The molecule has 0 saturated carbocycles. The van der Waals surface area contributed by atoms with Gasteiger partial charge in [-0.05, 0) is 19.4 Å². The maximum absolute atomic E-state index is 10.8. The van der Waals surface area contributed by atoms with Crippen LogP contribution in [0.4, 0.5) is 0 Å². The molecule has 3 atom stereocenters. The van der Waals surface area contributed by atoms with Crippen molar-refractivity contribution in [2.24, 2.45) is 13.0 Å². The van der Waals surface area contributed by atoms with Crippen LogP contribution in [0.5, 0.6) is 0 Å². The molecule has 3 unspecified atom stereocenters. The lowest BCUT2D eigenvalue weighted by atomic mass is 9.81. The van der Waals surface area contributed by atoms with Crippen molar-refractivity contribution >= 4 is 0 Å². The highest BCUT2D eigenvalue weighted by molar-refractivity contribution is 5.11. The number of imidazole rings is 1. The van der Waals surface area contributed by atoms with E-state index in [1.54, 1.807) is 6.20 Å². The lowest BCUT2D eigenvalue weighted by Crippen LogP contribution is -2.45. The minimum atomic E-state index is -0.689. The Morgan fingerprint density at radius 2 is 2.40 bits per heavy atom. The summed E-state index contributed by atoms with van der Waals surface area (Å²) in [6.07, 6.45) is 5.61. The van der Waals surface area contributed by atoms with Crippen LogP contribution in [0, 0.1) is 5.92 Å². The Labute approximate surface area is 89.5 Å². The molecule has 0 spiro atoms. The number of aromatic nitrogens is 2. The van der Waals surface area contributed by atoms with Crippen LogP contribution in [0.25, 0.3) is 0 Å². The highest BCUT2D eigenvalue weighted by Gasteiger charge is 2.48. The van der Waals surface area contributed by atoms with Crippen molar-refractivity contribution in [2.75, 3.05) is 19.6 Å². The first-order valence-corrected chi connectivity index (χ1v) is 5.63. The molecule has 2 aliphatic heterocycles. The first kappa shape index (κ1) is 9.36. The van der Waals surface area contributed by atoms with Crippen LogP contribution in [0.2, 0.25) is 0 Å². The fraction of sp³-hybridized carbons (Fsp3) is 0.727. The fourth-order valence-corrected chi connectivity index (χ4v) is 3.04.